The van der Waals surface area contributed by atoms with E-state index in [4.69, 9.17) is 14.6 Å². The number of hydrogen-bond acceptors (Lipinski definition) is 5. The fourth-order valence-corrected chi connectivity index (χ4v) is 4.47. The SMILES string of the molecule is COc1cccc(C(=O)Nc2ccc(N3CCC(N4CCCC4C)C3)cc2)c1.O=C(O)C(F)(F)F. The molecule has 0 bridgehead atoms. The lowest BCUT2D eigenvalue weighted by Gasteiger charge is -2.28. The Balaban J connectivity index is 0.000000429. The molecule has 2 atom stereocenters. The molecule has 0 aromatic heterocycles. The third-order valence-electron chi connectivity index (χ3n) is 6.30. The fraction of sp³-hybridized carbons (Fsp3) is 0.440. The van der Waals surface area contributed by atoms with Crippen LogP contribution in [0.15, 0.2) is 48.5 Å². The number of aliphatic carboxylic acids is 1. The molecule has 0 aliphatic carbocycles. The van der Waals surface area contributed by atoms with Gasteiger partial charge in [-0.1, -0.05) is 6.07 Å². The quantitative estimate of drug-likeness (QED) is 0.632. The van der Waals surface area contributed by atoms with Gasteiger partial charge in [0.2, 0.25) is 0 Å². The summed E-state index contributed by atoms with van der Waals surface area (Å²) >= 11 is 0. The standard InChI is InChI=1S/C23H29N3O2.C2HF3O2/c1-17-5-4-13-26(17)21-12-14-25(16-21)20-10-8-19(9-11-20)24-23(27)18-6-3-7-22(15-18)28-2;3-2(4,5)1(6)7/h3,6-11,15,17,21H,4-5,12-14,16H2,1-2H3,(H,24,27);(H,6,7). The number of anilines is 2. The van der Waals surface area contributed by atoms with Gasteiger partial charge < -0.3 is 20.1 Å². The molecule has 2 saturated heterocycles. The summed E-state index contributed by atoms with van der Waals surface area (Å²) in [5.41, 5.74) is 2.62. The normalized spacial score (nSPS) is 20.2. The van der Waals surface area contributed by atoms with Gasteiger partial charge in [0, 0.05) is 42.1 Å². The van der Waals surface area contributed by atoms with Crippen LogP contribution in [0.4, 0.5) is 24.5 Å². The van der Waals surface area contributed by atoms with Gasteiger partial charge in [-0.05, 0) is 75.2 Å². The molecular weight excluding hydrogens is 463 g/mol. The highest BCUT2D eigenvalue weighted by Crippen LogP contribution is 2.29. The Kier molecular flexibility index (Phi) is 8.61. The number of alkyl halides is 3. The van der Waals surface area contributed by atoms with Crippen LogP contribution in [0, 0.1) is 0 Å². The van der Waals surface area contributed by atoms with E-state index in [1.807, 2.05) is 24.3 Å². The predicted molar refractivity (Wildman–Crippen MR) is 127 cm³/mol. The first-order valence-electron chi connectivity index (χ1n) is 11.4. The number of carboxylic acids is 1. The molecule has 190 valence electrons. The van der Waals surface area contributed by atoms with Gasteiger partial charge in [-0.25, -0.2) is 4.79 Å². The molecule has 2 fully saturated rings. The molecule has 7 nitrogen and oxygen atoms in total. The number of nitrogens with one attached hydrogen (secondary N) is 1. The minimum Gasteiger partial charge on any atom is -0.497 e. The number of benzene rings is 2. The van der Waals surface area contributed by atoms with Gasteiger partial charge in [0.1, 0.15) is 5.75 Å². The summed E-state index contributed by atoms with van der Waals surface area (Å²) < 4.78 is 36.9. The van der Waals surface area contributed by atoms with Crippen LogP contribution in [0.2, 0.25) is 0 Å². The second kappa shape index (κ2) is 11.4. The van der Waals surface area contributed by atoms with Gasteiger partial charge in [-0.3, -0.25) is 9.69 Å². The highest BCUT2D eigenvalue weighted by Gasteiger charge is 2.38. The second-order valence-electron chi connectivity index (χ2n) is 8.65. The number of halogens is 3. The number of amides is 1. The molecule has 2 heterocycles. The minimum absolute atomic E-state index is 0.129. The smallest absolute Gasteiger partial charge is 0.490 e. The topological polar surface area (TPSA) is 82.1 Å². The Bertz CT molecular complexity index is 1010. The van der Waals surface area contributed by atoms with Gasteiger partial charge in [-0.2, -0.15) is 13.2 Å². The van der Waals surface area contributed by atoms with Crippen molar-refractivity contribution in [1.82, 2.24) is 4.90 Å². The van der Waals surface area contributed by atoms with Crippen molar-refractivity contribution in [3.8, 4) is 5.75 Å². The molecule has 0 saturated carbocycles. The first-order chi connectivity index (χ1) is 16.6. The second-order valence-corrected chi connectivity index (χ2v) is 8.65. The lowest BCUT2D eigenvalue weighted by Crippen LogP contribution is -2.39. The van der Waals surface area contributed by atoms with Gasteiger partial charge in [0.15, 0.2) is 0 Å². The van der Waals surface area contributed by atoms with Crippen molar-refractivity contribution in [2.75, 3.05) is 37.0 Å². The lowest BCUT2D eigenvalue weighted by molar-refractivity contribution is -0.192. The minimum atomic E-state index is -5.08. The molecule has 2 aliphatic rings. The Morgan fingerprint density at radius 1 is 1.09 bits per heavy atom. The molecule has 1 amide bonds. The van der Waals surface area contributed by atoms with Crippen molar-refractivity contribution in [2.24, 2.45) is 0 Å². The third kappa shape index (κ3) is 7.11. The van der Waals surface area contributed by atoms with Crippen LogP contribution in [-0.4, -0.2) is 66.9 Å². The molecule has 35 heavy (non-hydrogen) atoms. The monoisotopic (exact) mass is 493 g/mol. The average molecular weight is 494 g/mol. The van der Waals surface area contributed by atoms with Crippen LogP contribution in [0.3, 0.4) is 0 Å². The van der Waals surface area contributed by atoms with Crippen molar-refractivity contribution in [2.45, 2.75) is 44.4 Å². The third-order valence-corrected chi connectivity index (χ3v) is 6.30. The zero-order valence-corrected chi connectivity index (χ0v) is 19.7. The predicted octanol–water partition coefficient (Wildman–Crippen LogP) is 4.64. The van der Waals surface area contributed by atoms with E-state index in [1.54, 1.807) is 19.2 Å². The molecule has 2 aromatic carbocycles. The number of rotatable bonds is 5. The van der Waals surface area contributed by atoms with Crippen LogP contribution in [0.25, 0.3) is 0 Å². The number of carboxylic acid groups (broad SMARTS) is 1. The molecule has 0 radical (unpaired) electrons. The Morgan fingerprint density at radius 2 is 1.77 bits per heavy atom. The van der Waals surface area contributed by atoms with Crippen molar-refractivity contribution in [1.29, 1.82) is 0 Å². The number of nitrogens with zero attached hydrogens (tertiary/aromatic N) is 2. The highest BCUT2D eigenvalue weighted by atomic mass is 19.4. The summed E-state index contributed by atoms with van der Waals surface area (Å²) in [7, 11) is 1.60. The van der Waals surface area contributed by atoms with Crippen LogP contribution in [0.5, 0.6) is 5.75 Å². The fourth-order valence-electron chi connectivity index (χ4n) is 4.47. The van der Waals surface area contributed by atoms with E-state index in [9.17, 15) is 18.0 Å². The summed E-state index contributed by atoms with van der Waals surface area (Å²) in [6.45, 7) is 5.80. The molecule has 4 rings (SSSR count). The lowest BCUT2D eigenvalue weighted by atomic mass is 10.2. The van der Waals surface area contributed by atoms with Crippen molar-refractivity contribution < 1.29 is 32.6 Å². The van der Waals surface area contributed by atoms with Crippen molar-refractivity contribution in [3.63, 3.8) is 0 Å². The van der Waals surface area contributed by atoms with E-state index < -0.39 is 12.1 Å². The molecule has 2 aromatic rings. The zero-order valence-electron chi connectivity index (χ0n) is 19.7. The highest BCUT2D eigenvalue weighted by molar-refractivity contribution is 6.04. The van der Waals surface area contributed by atoms with E-state index in [2.05, 4.69) is 34.2 Å². The summed E-state index contributed by atoms with van der Waals surface area (Å²) in [5, 5.41) is 10.1. The van der Waals surface area contributed by atoms with E-state index in [0.29, 0.717) is 17.4 Å². The summed E-state index contributed by atoms with van der Waals surface area (Å²) in [4.78, 5) is 26.5. The molecular formula is C25H30F3N3O4. The maximum atomic E-state index is 12.5. The number of hydrogen-bond donors (Lipinski definition) is 2. The van der Waals surface area contributed by atoms with E-state index in [0.717, 1.165) is 24.8 Å². The van der Waals surface area contributed by atoms with E-state index in [1.165, 1.54) is 31.5 Å². The van der Waals surface area contributed by atoms with Gasteiger partial charge in [0.25, 0.3) is 5.91 Å². The van der Waals surface area contributed by atoms with E-state index >= 15 is 0 Å². The van der Waals surface area contributed by atoms with Crippen LogP contribution in [0.1, 0.15) is 36.5 Å². The average Bonchev–Trinajstić information content (AvgIpc) is 3.48. The Labute approximate surface area is 202 Å². The van der Waals surface area contributed by atoms with Crippen LogP contribution >= 0.6 is 0 Å². The molecule has 2 aliphatic heterocycles. The summed E-state index contributed by atoms with van der Waals surface area (Å²) in [6, 6.07) is 16.8. The van der Waals surface area contributed by atoms with Crippen LogP contribution < -0.4 is 15.0 Å². The largest absolute Gasteiger partial charge is 0.497 e. The van der Waals surface area contributed by atoms with E-state index in [-0.39, 0.29) is 5.91 Å². The Morgan fingerprint density at radius 3 is 2.34 bits per heavy atom. The number of carbonyl (C=O) groups excluding carboxylic acids is 1. The van der Waals surface area contributed by atoms with Crippen LogP contribution in [-0.2, 0) is 4.79 Å². The van der Waals surface area contributed by atoms with Gasteiger partial charge >= 0.3 is 12.1 Å². The molecule has 2 N–H and O–H groups in total. The first kappa shape index (κ1) is 26.3. The maximum Gasteiger partial charge on any atom is 0.490 e. The maximum absolute atomic E-state index is 12.5. The van der Waals surface area contributed by atoms with Gasteiger partial charge in [-0.15, -0.1) is 0 Å². The summed E-state index contributed by atoms with van der Waals surface area (Å²) in [5.74, 6) is -2.21. The molecule has 10 heteroatoms. The zero-order chi connectivity index (χ0) is 25.6. The first-order valence-corrected chi connectivity index (χ1v) is 11.4. The molecule has 2 unspecified atom stereocenters. The number of carbonyl (C=O) groups is 2. The Hall–Kier alpha value is -3.27. The summed E-state index contributed by atoms with van der Waals surface area (Å²) in [6.07, 6.45) is -1.18. The molecule has 0 spiro atoms. The van der Waals surface area contributed by atoms with Crippen molar-refractivity contribution in [3.05, 3.63) is 54.1 Å². The number of ether oxygens (including phenoxy) is 1. The number of methoxy groups -OCH3 is 1. The van der Waals surface area contributed by atoms with Crippen molar-refractivity contribution >= 4 is 23.3 Å². The van der Waals surface area contributed by atoms with Gasteiger partial charge in [0.05, 0.1) is 7.11 Å². The number of likely N-dealkylation sites (tertiary alicyclic amines) is 1.